The summed E-state index contributed by atoms with van der Waals surface area (Å²) < 4.78 is 5.53. The van der Waals surface area contributed by atoms with E-state index in [0.29, 0.717) is 37.5 Å². The van der Waals surface area contributed by atoms with Crippen LogP contribution in [-0.4, -0.2) is 65.3 Å². The molecule has 2 aliphatic rings. The summed E-state index contributed by atoms with van der Waals surface area (Å²) >= 11 is 1.70. The molecule has 1 aromatic heterocycles. The molecule has 0 saturated carbocycles. The molecule has 1 atom stereocenters. The van der Waals surface area contributed by atoms with Gasteiger partial charge in [-0.15, -0.1) is 11.8 Å². The van der Waals surface area contributed by atoms with E-state index in [1.807, 2.05) is 12.1 Å². The van der Waals surface area contributed by atoms with Crippen LogP contribution in [0.15, 0.2) is 53.4 Å². The number of aliphatic hydroxyl groups is 1. The van der Waals surface area contributed by atoms with Gasteiger partial charge in [0, 0.05) is 30.1 Å². The Morgan fingerprint density at radius 3 is 2.56 bits per heavy atom. The zero-order valence-corrected chi connectivity index (χ0v) is 19.0. The van der Waals surface area contributed by atoms with Crippen molar-refractivity contribution in [1.29, 1.82) is 0 Å². The molecule has 7 nitrogen and oxygen atoms in total. The Balaban J connectivity index is 1.59. The van der Waals surface area contributed by atoms with E-state index in [-0.39, 0.29) is 12.6 Å². The van der Waals surface area contributed by atoms with Gasteiger partial charge < -0.3 is 19.6 Å². The van der Waals surface area contributed by atoms with Gasteiger partial charge >= 0.3 is 0 Å². The van der Waals surface area contributed by atoms with Crippen LogP contribution in [0.25, 0.3) is 11.4 Å². The monoisotopic (exact) mass is 449 g/mol. The molecule has 2 aromatic carbocycles. The molecule has 1 saturated heterocycles. The van der Waals surface area contributed by atoms with Crippen LogP contribution in [0.2, 0.25) is 0 Å². The van der Waals surface area contributed by atoms with Gasteiger partial charge in [0.15, 0.2) is 5.82 Å². The Morgan fingerprint density at radius 1 is 1.00 bits per heavy atom. The summed E-state index contributed by atoms with van der Waals surface area (Å²) in [6.45, 7) is 3.53. The summed E-state index contributed by atoms with van der Waals surface area (Å²) in [4.78, 5) is 20.1. The molecule has 0 aliphatic carbocycles. The number of nitrogens with zero attached hydrogens (tertiary/aromatic N) is 5. The number of benzene rings is 2. The number of fused-ring (bicyclic) bond motifs is 1. The minimum Gasteiger partial charge on any atom is -0.394 e. The number of rotatable bonds is 5. The van der Waals surface area contributed by atoms with Crippen molar-refractivity contribution in [3.05, 3.63) is 59.7 Å². The van der Waals surface area contributed by atoms with E-state index >= 15 is 0 Å². The zero-order valence-electron chi connectivity index (χ0n) is 18.1. The summed E-state index contributed by atoms with van der Waals surface area (Å²) in [7, 11) is 0. The second kappa shape index (κ2) is 9.44. The molecule has 0 bridgehead atoms. The lowest BCUT2D eigenvalue weighted by atomic mass is 9.94. The van der Waals surface area contributed by atoms with Gasteiger partial charge in [-0.1, -0.05) is 36.4 Å². The fourth-order valence-corrected chi connectivity index (χ4v) is 4.72. The average molecular weight is 450 g/mol. The summed E-state index contributed by atoms with van der Waals surface area (Å²) in [5, 5.41) is 10.2. The molecule has 5 rings (SSSR count). The van der Waals surface area contributed by atoms with E-state index in [2.05, 4.69) is 52.5 Å². The van der Waals surface area contributed by atoms with Crippen LogP contribution in [0.1, 0.15) is 11.1 Å². The van der Waals surface area contributed by atoms with Gasteiger partial charge in [-0.2, -0.15) is 15.0 Å². The van der Waals surface area contributed by atoms with Crippen LogP contribution in [-0.2, 0) is 17.7 Å². The lowest BCUT2D eigenvalue weighted by molar-refractivity contribution is 0.122. The van der Waals surface area contributed by atoms with Crippen molar-refractivity contribution >= 4 is 23.7 Å². The molecule has 166 valence electrons. The standard InChI is InChI=1S/C24H27N5O2S/c1-32-21-8-4-7-18(14-21)22-25-23(28-9-11-31-12-10-28)27-24(26-22)29-15-19-6-3-2-5-17(19)13-20(29)16-30/h2-8,14,20,30H,9-13,15-16H2,1H3/t20-/m1/s1. The third kappa shape index (κ3) is 4.30. The Morgan fingerprint density at radius 2 is 1.78 bits per heavy atom. The Kier molecular flexibility index (Phi) is 6.25. The van der Waals surface area contributed by atoms with E-state index in [0.717, 1.165) is 30.0 Å². The molecule has 0 unspecified atom stereocenters. The van der Waals surface area contributed by atoms with Crippen LogP contribution in [0.5, 0.6) is 0 Å². The first-order valence-corrected chi connectivity index (χ1v) is 12.1. The number of morpholine rings is 1. The lowest BCUT2D eigenvalue weighted by Gasteiger charge is -2.36. The minimum absolute atomic E-state index is 0.0458. The van der Waals surface area contributed by atoms with Crippen LogP contribution in [0.3, 0.4) is 0 Å². The smallest absolute Gasteiger partial charge is 0.231 e. The molecular formula is C24H27N5O2S. The molecule has 3 aromatic rings. The third-order valence-corrected chi connectivity index (χ3v) is 6.78. The quantitative estimate of drug-likeness (QED) is 0.596. The summed E-state index contributed by atoms with van der Waals surface area (Å²) in [6, 6.07) is 16.6. The highest BCUT2D eigenvalue weighted by Gasteiger charge is 2.29. The van der Waals surface area contributed by atoms with Gasteiger partial charge in [0.25, 0.3) is 0 Å². The number of aliphatic hydroxyl groups excluding tert-OH is 1. The molecule has 0 radical (unpaired) electrons. The number of ether oxygens (including phenoxy) is 1. The number of hydrogen-bond donors (Lipinski definition) is 1. The van der Waals surface area contributed by atoms with Crippen LogP contribution >= 0.6 is 11.8 Å². The SMILES string of the molecule is CSc1cccc(-c2nc(N3CCOCC3)nc(N3Cc4ccccc4C[C@@H]3CO)n2)c1. The molecule has 3 heterocycles. The van der Waals surface area contributed by atoms with Crippen molar-refractivity contribution in [3.63, 3.8) is 0 Å². The second-order valence-corrected chi connectivity index (χ2v) is 8.91. The lowest BCUT2D eigenvalue weighted by Crippen LogP contribution is -2.44. The second-order valence-electron chi connectivity index (χ2n) is 8.03. The normalized spacial score (nSPS) is 18.5. The highest BCUT2D eigenvalue weighted by Crippen LogP contribution is 2.30. The highest BCUT2D eigenvalue weighted by molar-refractivity contribution is 7.98. The van der Waals surface area contributed by atoms with Gasteiger partial charge in [0.05, 0.1) is 25.9 Å². The number of hydrogen-bond acceptors (Lipinski definition) is 8. The summed E-state index contributed by atoms with van der Waals surface area (Å²) in [6.07, 6.45) is 2.83. The first-order chi connectivity index (χ1) is 15.7. The molecule has 0 amide bonds. The number of anilines is 2. The Bertz CT molecular complexity index is 1090. The summed E-state index contributed by atoms with van der Waals surface area (Å²) in [5.74, 6) is 1.93. The van der Waals surface area contributed by atoms with Crippen molar-refractivity contribution < 1.29 is 9.84 Å². The van der Waals surface area contributed by atoms with E-state index in [1.54, 1.807) is 11.8 Å². The molecule has 1 fully saturated rings. The van der Waals surface area contributed by atoms with Gasteiger partial charge in [-0.05, 0) is 35.9 Å². The van der Waals surface area contributed by atoms with Crippen molar-refractivity contribution in [2.24, 2.45) is 0 Å². The maximum atomic E-state index is 10.2. The Labute approximate surface area is 192 Å². The predicted octanol–water partition coefficient (Wildman–Crippen LogP) is 3.02. The van der Waals surface area contributed by atoms with Crippen LogP contribution in [0.4, 0.5) is 11.9 Å². The largest absolute Gasteiger partial charge is 0.394 e. The number of aromatic nitrogens is 3. The van der Waals surface area contributed by atoms with Crippen LogP contribution < -0.4 is 9.80 Å². The van der Waals surface area contributed by atoms with Crippen molar-refractivity contribution in [3.8, 4) is 11.4 Å². The molecule has 32 heavy (non-hydrogen) atoms. The molecule has 2 aliphatic heterocycles. The maximum Gasteiger partial charge on any atom is 0.231 e. The van der Waals surface area contributed by atoms with E-state index in [9.17, 15) is 5.11 Å². The van der Waals surface area contributed by atoms with Gasteiger partial charge in [-0.3, -0.25) is 0 Å². The average Bonchev–Trinajstić information content (AvgIpc) is 2.88. The first kappa shape index (κ1) is 21.2. The number of thioether (sulfide) groups is 1. The third-order valence-electron chi connectivity index (χ3n) is 6.06. The first-order valence-electron chi connectivity index (χ1n) is 10.9. The van der Waals surface area contributed by atoms with E-state index in [1.165, 1.54) is 11.1 Å². The van der Waals surface area contributed by atoms with Gasteiger partial charge in [-0.25, -0.2) is 0 Å². The van der Waals surface area contributed by atoms with Crippen molar-refractivity contribution in [1.82, 2.24) is 15.0 Å². The van der Waals surface area contributed by atoms with Gasteiger partial charge in [0.2, 0.25) is 11.9 Å². The Hall–Kier alpha value is -2.68. The summed E-state index contributed by atoms with van der Waals surface area (Å²) in [5.41, 5.74) is 3.49. The minimum atomic E-state index is -0.0739. The maximum absolute atomic E-state index is 10.2. The van der Waals surface area contributed by atoms with Crippen LogP contribution in [0, 0.1) is 0 Å². The van der Waals surface area contributed by atoms with Gasteiger partial charge in [0.1, 0.15) is 0 Å². The molecule has 1 N–H and O–H groups in total. The highest BCUT2D eigenvalue weighted by atomic mass is 32.2. The molecule has 8 heteroatoms. The fraction of sp³-hybridized carbons (Fsp3) is 0.375. The molecular weight excluding hydrogens is 422 g/mol. The van der Waals surface area contributed by atoms with E-state index in [4.69, 9.17) is 19.7 Å². The fourth-order valence-electron chi connectivity index (χ4n) is 4.26. The van der Waals surface area contributed by atoms with Crippen molar-refractivity contribution in [2.75, 3.05) is 49.0 Å². The predicted molar refractivity (Wildman–Crippen MR) is 127 cm³/mol. The van der Waals surface area contributed by atoms with E-state index < -0.39 is 0 Å². The topological polar surface area (TPSA) is 74.6 Å². The molecule has 0 spiro atoms. The van der Waals surface area contributed by atoms with Crippen molar-refractivity contribution in [2.45, 2.75) is 23.9 Å². The zero-order chi connectivity index (χ0) is 21.9.